The van der Waals surface area contributed by atoms with Gasteiger partial charge in [-0.25, -0.2) is 4.79 Å². The van der Waals surface area contributed by atoms with Crippen molar-refractivity contribution in [1.29, 1.82) is 5.26 Å². The largest absolute Gasteiger partial charge is 0.444 e. The Morgan fingerprint density at radius 2 is 2.11 bits per heavy atom. The van der Waals surface area contributed by atoms with Gasteiger partial charge in [-0.3, -0.25) is 0 Å². The van der Waals surface area contributed by atoms with Gasteiger partial charge in [0, 0.05) is 13.1 Å². The highest BCUT2D eigenvalue weighted by atomic mass is 16.6. The molecule has 1 saturated heterocycles. The number of likely N-dealkylation sites (tertiary alicyclic amines) is 1. The molecule has 0 aromatic heterocycles. The SMILES string of the molecule is CC(C)(C)OC(=O)N1CC2CCCCCC2(C#N)C1. The molecule has 1 amide bonds. The molecule has 2 atom stereocenters. The van der Waals surface area contributed by atoms with Crippen molar-refractivity contribution in [2.24, 2.45) is 11.3 Å². The maximum absolute atomic E-state index is 12.1. The van der Waals surface area contributed by atoms with Crippen LogP contribution in [-0.2, 0) is 4.74 Å². The van der Waals surface area contributed by atoms with Crippen molar-refractivity contribution < 1.29 is 9.53 Å². The highest BCUT2D eigenvalue weighted by molar-refractivity contribution is 5.68. The zero-order valence-corrected chi connectivity index (χ0v) is 12.2. The first-order valence-electron chi connectivity index (χ1n) is 7.25. The lowest BCUT2D eigenvalue weighted by Gasteiger charge is -2.26. The van der Waals surface area contributed by atoms with Gasteiger partial charge < -0.3 is 9.64 Å². The number of nitrogens with zero attached hydrogens (tertiary/aromatic N) is 2. The number of amides is 1. The number of hydrogen-bond donors (Lipinski definition) is 0. The summed E-state index contributed by atoms with van der Waals surface area (Å²) in [5.74, 6) is 0.326. The quantitative estimate of drug-likeness (QED) is 0.674. The summed E-state index contributed by atoms with van der Waals surface area (Å²) in [7, 11) is 0. The predicted octanol–water partition coefficient (Wildman–Crippen LogP) is 3.33. The molecular weight excluding hydrogens is 240 g/mol. The minimum atomic E-state index is -0.471. The Morgan fingerprint density at radius 3 is 2.74 bits per heavy atom. The molecular formula is C15H24N2O2. The van der Waals surface area contributed by atoms with Crippen LogP contribution in [-0.4, -0.2) is 29.7 Å². The average molecular weight is 264 g/mol. The standard InChI is InChI=1S/C15H24N2O2/c1-14(2,3)19-13(18)17-9-12-7-5-4-6-8-15(12,10-16)11-17/h12H,4-9,11H2,1-3H3. The van der Waals surface area contributed by atoms with Crippen molar-refractivity contribution >= 4 is 6.09 Å². The van der Waals surface area contributed by atoms with Gasteiger partial charge in [-0.15, -0.1) is 0 Å². The van der Waals surface area contributed by atoms with Gasteiger partial charge in [-0.2, -0.15) is 5.26 Å². The van der Waals surface area contributed by atoms with Crippen LogP contribution in [0.4, 0.5) is 4.79 Å². The Labute approximate surface area is 115 Å². The molecule has 1 heterocycles. The van der Waals surface area contributed by atoms with Crippen LogP contribution in [0.25, 0.3) is 0 Å². The van der Waals surface area contributed by atoms with Crippen molar-refractivity contribution in [2.75, 3.05) is 13.1 Å². The number of carbonyl (C=O) groups is 1. The Morgan fingerprint density at radius 1 is 1.37 bits per heavy atom. The molecule has 0 aromatic carbocycles. The molecule has 0 spiro atoms. The highest BCUT2D eigenvalue weighted by Gasteiger charge is 2.49. The predicted molar refractivity (Wildman–Crippen MR) is 72.4 cm³/mol. The molecule has 0 radical (unpaired) electrons. The summed E-state index contributed by atoms with van der Waals surface area (Å²) in [6, 6.07) is 2.52. The molecule has 4 nitrogen and oxygen atoms in total. The first kappa shape index (κ1) is 14.2. The Bertz CT molecular complexity index is 394. The molecule has 2 unspecified atom stereocenters. The minimum Gasteiger partial charge on any atom is -0.444 e. The number of ether oxygens (including phenoxy) is 1. The van der Waals surface area contributed by atoms with E-state index in [0.29, 0.717) is 19.0 Å². The molecule has 1 saturated carbocycles. The van der Waals surface area contributed by atoms with Gasteiger partial charge in [0.2, 0.25) is 0 Å². The average Bonchev–Trinajstić information content (AvgIpc) is 2.56. The van der Waals surface area contributed by atoms with Crippen molar-refractivity contribution in [1.82, 2.24) is 4.90 Å². The first-order valence-corrected chi connectivity index (χ1v) is 7.25. The van der Waals surface area contributed by atoms with Crippen LogP contribution in [0.15, 0.2) is 0 Å². The monoisotopic (exact) mass is 264 g/mol. The van der Waals surface area contributed by atoms with Crippen molar-refractivity contribution in [3.05, 3.63) is 0 Å². The van der Waals surface area contributed by atoms with E-state index in [-0.39, 0.29) is 11.5 Å². The number of nitriles is 1. The summed E-state index contributed by atoms with van der Waals surface area (Å²) in [6.45, 7) is 6.85. The fourth-order valence-corrected chi connectivity index (χ4v) is 3.28. The van der Waals surface area contributed by atoms with E-state index in [0.717, 1.165) is 19.3 Å². The second kappa shape index (κ2) is 5.03. The molecule has 2 rings (SSSR count). The molecule has 1 aliphatic carbocycles. The Balaban J connectivity index is 2.08. The normalized spacial score (nSPS) is 31.3. The summed E-state index contributed by atoms with van der Waals surface area (Å²) in [6.07, 6.45) is 5.21. The van der Waals surface area contributed by atoms with Gasteiger partial charge in [-0.1, -0.05) is 19.3 Å². The van der Waals surface area contributed by atoms with Gasteiger partial charge >= 0.3 is 6.09 Å². The number of rotatable bonds is 0. The molecule has 1 aliphatic heterocycles. The lowest BCUT2D eigenvalue weighted by molar-refractivity contribution is 0.0277. The molecule has 4 heteroatoms. The summed E-state index contributed by atoms with van der Waals surface area (Å²) in [5, 5.41) is 9.58. The van der Waals surface area contributed by atoms with Crippen molar-refractivity contribution in [2.45, 2.75) is 58.5 Å². The van der Waals surface area contributed by atoms with E-state index in [9.17, 15) is 10.1 Å². The van der Waals surface area contributed by atoms with Crippen LogP contribution in [0.1, 0.15) is 52.9 Å². The second-order valence-corrected chi connectivity index (χ2v) is 6.93. The van der Waals surface area contributed by atoms with E-state index < -0.39 is 5.60 Å². The second-order valence-electron chi connectivity index (χ2n) is 6.93. The Kier molecular flexibility index (Phi) is 3.75. The lowest BCUT2D eigenvalue weighted by atomic mass is 9.76. The van der Waals surface area contributed by atoms with E-state index in [4.69, 9.17) is 4.74 Å². The molecule has 106 valence electrons. The van der Waals surface area contributed by atoms with Gasteiger partial charge in [-0.05, 0) is 39.5 Å². The van der Waals surface area contributed by atoms with E-state index in [1.165, 1.54) is 12.8 Å². The smallest absolute Gasteiger partial charge is 0.410 e. The van der Waals surface area contributed by atoms with Gasteiger partial charge in [0.1, 0.15) is 5.60 Å². The third kappa shape index (κ3) is 3.02. The molecule has 0 bridgehead atoms. The maximum Gasteiger partial charge on any atom is 0.410 e. The fraction of sp³-hybridized carbons (Fsp3) is 0.867. The van der Waals surface area contributed by atoms with Crippen LogP contribution in [0.5, 0.6) is 0 Å². The summed E-state index contributed by atoms with van der Waals surface area (Å²) in [5.41, 5.74) is -0.797. The number of fused-ring (bicyclic) bond motifs is 1. The van der Waals surface area contributed by atoms with E-state index in [1.807, 2.05) is 20.8 Å². The summed E-state index contributed by atoms with van der Waals surface area (Å²) < 4.78 is 5.43. The van der Waals surface area contributed by atoms with Gasteiger partial charge in [0.15, 0.2) is 0 Å². The van der Waals surface area contributed by atoms with E-state index >= 15 is 0 Å². The third-order valence-corrected chi connectivity index (χ3v) is 4.25. The van der Waals surface area contributed by atoms with Crippen LogP contribution in [0.2, 0.25) is 0 Å². The molecule has 0 aromatic rings. The fourth-order valence-electron chi connectivity index (χ4n) is 3.28. The minimum absolute atomic E-state index is 0.268. The van der Waals surface area contributed by atoms with Crippen LogP contribution < -0.4 is 0 Å². The first-order chi connectivity index (χ1) is 8.86. The van der Waals surface area contributed by atoms with E-state index in [1.54, 1.807) is 4.90 Å². The summed E-state index contributed by atoms with van der Waals surface area (Å²) >= 11 is 0. The maximum atomic E-state index is 12.1. The molecule has 19 heavy (non-hydrogen) atoms. The van der Waals surface area contributed by atoms with Gasteiger partial charge in [0.05, 0.1) is 11.5 Å². The highest BCUT2D eigenvalue weighted by Crippen LogP contribution is 2.45. The van der Waals surface area contributed by atoms with Crippen LogP contribution in [0.3, 0.4) is 0 Å². The van der Waals surface area contributed by atoms with Crippen LogP contribution in [0, 0.1) is 22.7 Å². The van der Waals surface area contributed by atoms with E-state index in [2.05, 4.69) is 6.07 Å². The number of hydrogen-bond acceptors (Lipinski definition) is 3. The Hall–Kier alpha value is -1.24. The molecule has 2 fully saturated rings. The zero-order chi connectivity index (χ0) is 14.1. The van der Waals surface area contributed by atoms with Crippen LogP contribution >= 0.6 is 0 Å². The lowest BCUT2D eigenvalue weighted by Crippen LogP contribution is -2.36. The van der Waals surface area contributed by atoms with Gasteiger partial charge in [0.25, 0.3) is 0 Å². The topological polar surface area (TPSA) is 53.3 Å². The third-order valence-electron chi connectivity index (χ3n) is 4.25. The molecule has 2 aliphatic rings. The van der Waals surface area contributed by atoms with Crippen molar-refractivity contribution in [3.63, 3.8) is 0 Å². The number of carbonyl (C=O) groups excluding carboxylic acids is 1. The van der Waals surface area contributed by atoms with Crippen molar-refractivity contribution in [3.8, 4) is 6.07 Å². The zero-order valence-electron chi connectivity index (χ0n) is 12.2. The molecule has 0 N–H and O–H groups in total. The summed E-state index contributed by atoms with van der Waals surface area (Å²) in [4.78, 5) is 13.9.